The van der Waals surface area contributed by atoms with E-state index in [-0.39, 0.29) is 17.4 Å². The highest BCUT2D eigenvalue weighted by Gasteiger charge is 2.23. The van der Waals surface area contributed by atoms with Gasteiger partial charge in [-0.2, -0.15) is 0 Å². The normalized spacial score (nSPS) is 11.6. The first-order chi connectivity index (χ1) is 15.7. The molecule has 0 saturated heterocycles. The van der Waals surface area contributed by atoms with Crippen LogP contribution in [0.3, 0.4) is 0 Å². The molecule has 2 aromatic heterocycles. The van der Waals surface area contributed by atoms with Gasteiger partial charge in [-0.05, 0) is 61.1 Å². The number of hydrogen-bond donors (Lipinski definition) is 0. The molecule has 0 N–H and O–H groups in total. The average molecular weight is 447 g/mol. The maximum absolute atomic E-state index is 12.7. The van der Waals surface area contributed by atoms with Gasteiger partial charge in [0.25, 0.3) is 5.56 Å². The van der Waals surface area contributed by atoms with Crippen LogP contribution in [0.5, 0.6) is 0 Å². The standard InChI is InChI=1S/C26H30N4O3/c1-16-9-7-10-17(2)20(16)23(21-18(3)11-8-12-19(21)4)33-14-13-30-15-27-24-22(30)25(31)29(6)26(32)28(24)5/h7-12,15,23H,13-14H2,1-6H3. The number of nitrogens with zero attached hydrogens (tertiary/aromatic N) is 4. The molecule has 0 aliphatic rings. The molecule has 0 atom stereocenters. The maximum Gasteiger partial charge on any atom is 0.332 e. The Morgan fingerprint density at radius 2 is 1.36 bits per heavy atom. The van der Waals surface area contributed by atoms with Gasteiger partial charge < -0.3 is 9.30 Å². The van der Waals surface area contributed by atoms with Gasteiger partial charge in [-0.1, -0.05) is 36.4 Å². The van der Waals surface area contributed by atoms with Gasteiger partial charge in [-0.25, -0.2) is 9.78 Å². The van der Waals surface area contributed by atoms with Crippen molar-refractivity contribution in [2.45, 2.75) is 40.3 Å². The molecule has 2 aromatic carbocycles. The monoisotopic (exact) mass is 446 g/mol. The van der Waals surface area contributed by atoms with Crippen molar-refractivity contribution in [1.29, 1.82) is 0 Å². The van der Waals surface area contributed by atoms with Crippen LogP contribution in [-0.4, -0.2) is 25.3 Å². The minimum atomic E-state index is -0.390. The number of aromatic nitrogens is 4. The molecule has 0 aliphatic carbocycles. The maximum atomic E-state index is 12.7. The molecule has 0 fully saturated rings. The van der Waals surface area contributed by atoms with Crippen molar-refractivity contribution in [2.75, 3.05) is 6.61 Å². The molecule has 7 heteroatoms. The number of benzene rings is 2. The summed E-state index contributed by atoms with van der Waals surface area (Å²) in [5.74, 6) is 0. The lowest BCUT2D eigenvalue weighted by atomic mass is 9.89. The topological polar surface area (TPSA) is 71.1 Å². The Hall–Kier alpha value is -3.45. The number of aryl methyl sites for hydroxylation is 5. The van der Waals surface area contributed by atoms with E-state index in [4.69, 9.17) is 4.74 Å². The van der Waals surface area contributed by atoms with Crippen molar-refractivity contribution < 1.29 is 4.74 Å². The fourth-order valence-corrected chi connectivity index (χ4v) is 4.63. The smallest absolute Gasteiger partial charge is 0.332 e. The first-order valence-corrected chi connectivity index (χ1v) is 11.1. The minimum absolute atomic E-state index is 0.227. The van der Waals surface area contributed by atoms with E-state index in [0.29, 0.717) is 24.3 Å². The van der Waals surface area contributed by atoms with Crippen LogP contribution in [-0.2, 0) is 25.4 Å². The highest BCUT2D eigenvalue weighted by molar-refractivity contribution is 5.69. The predicted molar refractivity (Wildman–Crippen MR) is 130 cm³/mol. The summed E-state index contributed by atoms with van der Waals surface area (Å²) < 4.78 is 10.8. The summed E-state index contributed by atoms with van der Waals surface area (Å²) in [5.41, 5.74) is 7.10. The van der Waals surface area contributed by atoms with Gasteiger partial charge in [0.1, 0.15) is 6.10 Å². The van der Waals surface area contributed by atoms with Crippen molar-refractivity contribution in [3.63, 3.8) is 0 Å². The second kappa shape index (κ2) is 8.83. The zero-order chi connectivity index (χ0) is 23.9. The summed E-state index contributed by atoms with van der Waals surface area (Å²) in [6, 6.07) is 12.6. The van der Waals surface area contributed by atoms with E-state index < -0.39 is 0 Å². The summed E-state index contributed by atoms with van der Waals surface area (Å²) in [6.45, 7) is 9.26. The van der Waals surface area contributed by atoms with Crippen molar-refractivity contribution in [3.05, 3.63) is 96.9 Å². The van der Waals surface area contributed by atoms with Crippen LogP contribution in [0.1, 0.15) is 39.5 Å². The Balaban J connectivity index is 1.71. The molecule has 4 aromatic rings. The summed E-state index contributed by atoms with van der Waals surface area (Å²) >= 11 is 0. The van der Waals surface area contributed by atoms with Gasteiger partial charge in [-0.3, -0.25) is 13.9 Å². The lowest BCUT2D eigenvalue weighted by Crippen LogP contribution is -2.37. The van der Waals surface area contributed by atoms with E-state index in [1.807, 2.05) is 0 Å². The first kappa shape index (κ1) is 22.7. The molecule has 33 heavy (non-hydrogen) atoms. The molecule has 172 valence electrons. The lowest BCUT2D eigenvalue weighted by Gasteiger charge is -2.26. The Labute approximate surface area is 192 Å². The van der Waals surface area contributed by atoms with E-state index in [2.05, 4.69) is 69.1 Å². The molecule has 0 saturated carbocycles. The Kier molecular flexibility index (Phi) is 6.08. The van der Waals surface area contributed by atoms with Crippen molar-refractivity contribution in [2.24, 2.45) is 14.1 Å². The second-order valence-corrected chi connectivity index (χ2v) is 8.68. The van der Waals surface area contributed by atoms with Crippen LogP contribution in [0.15, 0.2) is 52.3 Å². The molecule has 2 heterocycles. The fraction of sp³-hybridized carbons (Fsp3) is 0.346. The van der Waals surface area contributed by atoms with E-state index in [0.717, 1.165) is 4.57 Å². The van der Waals surface area contributed by atoms with Gasteiger partial charge in [0.05, 0.1) is 12.9 Å². The molecule has 0 radical (unpaired) electrons. The Morgan fingerprint density at radius 1 is 0.848 bits per heavy atom. The van der Waals surface area contributed by atoms with Crippen LogP contribution < -0.4 is 11.2 Å². The van der Waals surface area contributed by atoms with E-state index in [1.54, 1.807) is 17.9 Å². The van der Waals surface area contributed by atoms with E-state index in [1.165, 1.54) is 45.0 Å². The molecule has 0 unspecified atom stereocenters. The zero-order valence-electron chi connectivity index (χ0n) is 20.0. The molecule has 0 amide bonds. The van der Waals surface area contributed by atoms with Crippen LogP contribution in [0, 0.1) is 27.7 Å². The Bertz CT molecular complexity index is 1370. The number of imidazole rings is 1. The number of ether oxygens (including phenoxy) is 1. The molecular formula is C26H30N4O3. The molecular weight excluding hydrogens is 416 g/mol. The summed E-state index contributed by atoms with van der Waals surface area (Å²) in [7, 11) is 3.10. The molecule has 0 spiro atoms. The van der Waals surface area contributed by atoms with E-state index in [9.17, 15) is 9.59 Å². The Morgan fingerprint density at radius 3 is 1.88 bits per heavy atom. The quantitative estimate of drug-likeness (QED) is 0.455. The number of hydrogen-bond acceptors (Lipinski definition) is 4. The SMILES string of the molecule is Cc1cccc(C)c1C(OCCn1cnc2c1c(=O)n(C)c(=O)n2C)c1c(C)cccc1C. The van der Waals surface area contributed by atoms with Crippen molar-refractivity contribution in [1.82, 2.24) is 18.7 Å². The predicted octanol–water partition coefficient (Wildman–Crippen LogP) is 3.47. The van der Waals surface area contributed by atoms with Crippen molar-refractivity contribution >= 4 is 11.2 Å². The van der Waals surface area contributed by atoms with Crippen LogP contribution in [0.2, 0.25) is 0 Å². The summed E-state index contributed by atoms with van der Waals surface area (Å²) in [5, 5.41) is 0. The third kappa shape index (κ3) is 3.93. The van der Waals surface area contributed by atoms with Gasteiger partial charge in [-0.15, -0.1) is 0 Å². The second-order valence-electron chi connectivity index (χ2n) is 8.68. The van der Waals surface area contributed by atoms with Crippen LogP contribution >= 0.6 is 0 Å². The third-order valence-corrected chi connectivity index (χ3v) is 6.44. The van der Waals surface area contributed by atoms with Crippen LogP contribution in [0.4, 0.5) is 0 Å². The molecule has 7 nitrogen and oxygen atoms in total. The molecule has 0 aliphatic heterocycles. The highest BCUT2D eigenvalue weighted by Crippen LogP contribution is 2.34. The van der Waals surface area contributed by atoms with Gasteiger partial charge in [0, 0.05) is 20.6 Å². The highest BCUT2D eigenvalue weighted by atomic mass is 16.5. The fourth-order valence-electron chi connectivity index (χ4n) is 4.63. The third-order valence-electron chi connectivity index (χ3n) is 6.44. The largest absolute Gasteiger partial charge is 0.367 e. The molecule has 4 rings (SSSR count). The molecule has 0 bridgehead atoms. The number of rotatable bonds is 6. The van der Waals surface area contributed by atoms with Gasteiger partial charge in [0.15, 0.2) is 11.2 Å². The van der Waals surface area contributed by atoms with Gasteiger partial charge in [0.2, 0.25) is 0 Å². The minimum Gasteiger partial charge on any atom is -0.367 e. The summed E-state index contributed by atoms with van der Waals surface area (Å²) in [4.78, 5) is 29.3. The number of fused-ring (bicyclic) bond motifs is 1. The van der Waals surface area contributed by atoms with E-state index >= 15 is 0 Å². The first-order valence-electron chi connectivity index (χ1n) is 11.1. The van der Waals surface area contributed by atoms with Crippen molar-refractivity contribution in [3.8, 4) is 0 Å². The average Bonchev–Trinajstić information content (AvgIpc) is 3.19. The van der Waals surface area contributed by atoms with Crippen LogP contribution in [0.25, 0.3) is 11.2 Å². The zero-order valence-corrected chi connectivity index (χ0v) is 20.0. The lowest BCUT2D eigenvalue weighted by molar-refractivity contribution is 0.0728. The summed E-state index contributed by atoms with van der Waals surface area (Å²) in [6.07, 6.45) is 1.37. The van der Waals surface area contributed by atoms with Gasteiger partial charge >= 0.3 is 5.69 Å².